The topological polar surface area (TPSA) is 81.8 Å². The summed E-state index contributed by atoms with van der Waals surface area (Å²) in [4.78, 5) is 39.7. The molecule has 2 aliphatic rings. The zero-order chi connectivity index (χ0) is 20.9. The molecule has 2 aliphatic heterocycles. The van der Waals surface area contributed by atoms with Crippen LogP contribution in [-0.4, -0.2) is 44.0 Å². The van der Waals surface area contributed by atoms with E-state index in [2.05, 4.69) is 22.5 Å². The fourth-order valence-corrected chi connectivity index (χ4v) is 3.61. The number of carbonyl (C=O) groups is 3. The Bertz CT molecular complexity index is 1010. The van der Waals surface area contributed by atoms with Gasteiger partial charge in [0.15, 0.2) is 0 Å². The number of benzene rings is 2. The molecule has 0 aliphatic carbocycles. The summed E-state index contributed by atoms with van der Waals surface area (Å²) in [5.74, 6) is 5.36. The van der Waals surface area contributed by atoms with Gasteiger partial charge in [-0.15, -0.1) is 0 Å². The van der Waals surface area contributed by atoms with Crippen LogP contribution in [0.5, 0.6) is 0 Å². The summed E-state index contributed by atoms with van der Waals surface area (Å²) in [6, 6.07) is 16.7. The van der Waals surface area contributed by atoms with Crippen LogP contribution >= 0.6 is 0 Å². The molecular formula is C23H22N4O3. The normalized spacial score (nSPS) is 18.1. The minimum Gasteiger partial charge on any atom is -0.345 e. The molecule has 0 spiro atoms. The summed E-state index contributed by atoms with van der Waals surface area (Å²) in [6.45, 7) is 1.90. The molecule has 4 amide bonds. The van der Waals surface area contributed by atoms with Gasteiger partial charge >= 0.3 is 6.03 Å². The molecule has 0 radical (unpaired) electrons. The highest BCUT2D eigenvalue weighted by molar-refractivity contribution is 6.00. The summed E-state index contributed by atoms with van der Waals surface area (Å²) >= 11 is 0. The van der Waals surface area contributed by atoms with Crippen molar-refractivity contribution >= 4 is 29.2 Å². The predicted molar refractivity (Wildman–Crippen MR) is 114 cm³/mol. The van der Waals surface area contributed by atoms with Crippen molar-refractivity contribution in [3.05, 3.63) is 60.2 Å². The molecule has 7 nitrogen and oxygen atoms in total. The van der Waals surface area contributed by atoms with Crippen molar-refractivity contribution < 1.29 is 14.4 Å². The molecule has 7 heteroatoms. The quantitative estimate of drug-likeness (QED) is 0.765. The van der Waals surface area contributed by atoms with E-state index < -0.39 is 0 Å². The van der Waals surface area contributed by atoms with E-state index in [9.17, 15) is 14.4 Å². The lowest BCUT2D eigenvalue weighted by Gasteiger charge is -2.16. The number of amides is 4. The van der Waals surface area contributed by atoms with Gasteiger partial charge in [-0.2, -0.15) is 0 Å². The van der Waals surface area contributed by atoms with Gasteiger partial charge < -0.3 is 15.5 Å². The maximum absolute atomic E-state index is 12.4. The van der Waals surface area contributed by atoms with Crippen molar-refractivity contribution in [3.63, 3.8) is 0 Å². The van der Waals surface area contributed by atoms with E-state index in [4.69, 9.17) is 0 Å². The number of rotatable bonds is 4. The van der Waals surface area contributed by atoms with Crippen LogP contribution in [-0.2, 0) is 9.59 Å². The van der Waals surface area contributed by atoms with Crippen LogP contribution < -0.4 is 20.4 Å². The minimum atomic E-state index is -0.370. The van der Waals surface area contributed by atoms with Gasteiger partial charge in [-0.1, -0.05) is 30.0 Å². The maximum atomic E-state index is 12.4. The second-order valence-electron chi connectivity index (χ2n) is 7.19. The molecule has 2 aromatic rings. The molecule has 2 N–H and O–H groups in total. The summed E-state index contributed by atoms with van der Waals surface area (Å²) in [7, 11) is 0. The number of hydrogen-bond donors (Lipinski definition) is 2. The number of nitrogens with zero attached hydrogens (tertiary/aromatic N) is 2. The number of urea groups is 1. The molecule has 1 unspecified atom stereocenters. The second kappa shape index (κ2) is 8.70. The predicted octanol–water partition coefficient (Wildman–Crippen LogP) is 1.74. The first-order valence-corrected chi connectivity index (χ1v) is 9.89. The highest BCUT2D eigenvalue weighted by Gasteiger charge is 2.34. The zero-order valence-electron chi connectivity index (χ0n) is 16.4. The van der Waals surface area contributed by atoms with E-state index in [1.807, 2.05) is 54.6 Å². The Labute approximate surface area is 175 Å². The van der Waals surface area contributed by atoms with E-state index in [1.54, 1.807) is 9.80 Å². The molecular weight excluding hydrogens is 380 g/mol. The Morgan fingerprint density at radius 3 is 2.47 bits per heavy atom. The lowest BCUT2D eigenvalue weighted by molar-refractivity contribution is -0.126. The number of nitrogens with one attached hydrogen (secondary N) is 2. The van der Waals surface area contributed by atoms with Crippen molar-refractivity contribution in [2.24, 2.45) is 5.92 Å². The number of carbonyl (C=O) groups excluding carboxylic acids is 3. The van der Waals surface area contributed by atoms with Crippen molar-refractivity contribution in [1.29, 1.82) is 0 Å². The molecule has 0 saturated carbocycles. The molecule has 30 heavy (non-hydrogen) atoms. The summed E-state index contributed by atoms with van der Waals surface area (Å²) < 4.78 is 0. The third-order valence-corrected chi connectivity index (χ3v) is 5.18. The summed E-state index contributed by atoms with van der Waals surface area (Å²) in [5, 5.41) is 5.56. The highest BCUT2D eigenvalue weighted by Crippen LogP contribution is 2.24. The van der Waals surface area contributed by atoms with E-state index in [0.717, 1.165) is 16.9 Å². The first kappa shape index (κ1) is 19.5. The third kappa shape index (κ3) is 4.28. The Balaban J connectivity index is 1.28. The smallest absolute Gasteiger partial charge is 0.321 e. The molecule has 2 aromatic carbocycles. The van der Waals surface area contributed by atoms with E-state index in [1.165, 1.54) is 0 Å². The van der Waals surface area contributed by atoms with Crippen LogP contribution in [0, 0.1) is 17.8 Å². The average Bonchev–Trinajstić information content (AvgIpc) is 3.38. The lowest BCUT2D eigenvalue weighted by Crippen LogP contribution is -2.33. The van der Waals surface area contributed by atoms with Gasteiger partial charge in [-0.3, -0.25) is 14.5 Å². The van der Waals surface area contributed by atoms with Crippen LogP contribution in [0.4, 0.5) is 16.2 Å². The van der Waals surface area contributed by atoms with Crippen LogP contribution in [0.1, 0.15) is 12.0 Å². The van der Waals surface area contributed by atoms with E-state index in [-0.39, 0.29) is 36.7 Å². The van der Waals surface area contributed by atoms with Crippen molar-refractivity contribution in [2.45, 2.75) is 6.42 Å². The lowest BCUT2D eigenvalue weighted by atomic mass is 10.1. The molecule has 0 aromatic heterocycles. The third-order valence-electron chi connectivity index (χ3n) is 5.18. The molecule has 1 atom stereocenters. The van der Waals surface area contributed by atoms with Gasteiger partial charge in [0, 0.05) is 43.0 Å². The molecule has 152 valence electrons. The maximum Gasteiger partial charge on any atom is 0.321 e. The van der Waals surface area contributed by atoms with Crippen LogP contribution in [0.15, 0.2) is 54.6 Å². The molecule has 2 fully saturated rings. The SMILES string of the molecule is O=C(NCC#Cc1ccc(N2CCNC2=O)cc1)C1CC(=O)N(c2ccccc2)C1. The Hall–Kier alpha value is -3.79. The van der Waals surface area contributed by atoms with Crippen molar-refractivity contribution in [2.75, 3.05) is 36.0 Å². The van der Waals surface area contributed by atoms with Crippen LogP contribution in [0.2, 0.25) is 0 Å². The van der Waals surface area contributed by atoms with Gasteiger partial charge in [0.05, 0.1) is 12.5 Å². The molecule has 2 heterocycles. The first-order valence-electron chi connectivity index (χ1n) is 9.89. The monoisotopic (exact) mass is 402 g/mol. The summed E-state index contributed by atoms with van der Waals surface area (Å²) in [6.07, 6.45) is 0.208. The Morgan fingerprint density at radius 2 is 1.77 bits per heavy atom. The van der Waals surface area contributed by atoms with Gasteiger partial charge in [-0.25, -0.2) is 4.79 Å². The molecule has 4 rings (SSSR count). The minimum absolute atomic E-state index is 0.0424. The van der Waals surface area contributed by atoms with E-state index in [0.29, 0.717) is 19.6 Å². The number of anilines is 2. The molecule has 2 saturated heterocycles. The fourth-order valence-electron chi connectivity index (χ4n) is 3.61. The van der Waals surface area contributed by atoms with Gasteiger partial charge in [0.2, 0.25) is 11.8 Å². The van der Waals surface area contributed by atoms with Crippen molar-refractivity contribution in [1.82, 2.24) is 10.6 Å². The number of hydrogen-bond acceptors (Lipinski definition) is 3. The standard InChI is InChI=1S/C23H22N4O3/c28-21-15-18(16-27(21)19-6-2-1-3-7-19)22(29)24-12-4-5-17-8-10-20(11-9-17)26-14-13-25-23(26)30/h1-3,6-11,18H,12-16H2,(H,24,29)(H,25,30). The fraction of sp³-hybridized carbons (Fsp3) is 0.261. The van der Waals surface area contributed by atoms with Crippen LogP contribution in [0.3, 0.4) is 0 Å². The van der Waals surface area contributed by atoms with Gasteiger partial charge in [0.1, 0.15) is 0 Å². The average molecular weight is 402 g/mol. The van der Waals surface area contributed by atoms with Gasteiger partial charge in [0.25, 0.3) is 0 Å². The second-order valence-corrected chi connectivity index (χ2v) is 7.19. The first-order chi connectivity index (χ1) is 14.6. The van der Waals surface area contributed by atoms with E-state index >= 15 is 0 Å². The zero-order valence-corrected chi connectivity index (χ0v) is 16.4. The largest absolute Gasteiger partial charge is 0.345 e. The Morgan fingerprint density at radius 1 is 1.03 bits per heavy atom. The van der Waals surface area contributed by atoms with Crippen LogP contribution in [0.25, 0.3) is 0 Å². The van der Waals surface area contributed by atoms with Crippen molar-refractivity contribution in [3.8, 4) is 11.8 Å². The van der Waals surface area contributed by atoms with Gasteiger partial charge in [-0.05, 0) is 36.4 Å². The Kier molecular flexibility index (Phi) is 5.66. The highest BCUT2D eigenvalue weighted by atomic mass is 16.2. The number of para-hydroxylation sites is 1. The molecule has 0 bridgehead atoms. The summed E-state index contributed by atoms with van der Waals surface area (Å²) in [5.41, 5.74) is 2.45.